The smallest absolute Gasteiger partial charge is 0.0252 e. The van der Waals surface area contributed by atoms with Crippen molar-refractivity contribution in [1.82, 2.24) is 10.2 Å². The highest BCUT2D eigenvalue weighted by Gasteiger charge is 2.40. The van der Waals surface area contributed by atoms with Crippen molar-refractivity contribution in [3.8, 4) is 0 Å². The van der Waals surface area contributed by atoms with Crippen LogP contribution in [0.4, 0.5) is 0 Å². The molecule has 2 nitrogen and oxygen atoms in total. The molecule has 0 aromatic rings. The van der Waals surface area contributed by atoms with Gasteiger partial charge in [0.2, 0.25) is 0 Å². The summed E-state index contributed by atoms with van der Waals surface area (Å²) in [7, 11) is 0. The van der Waals surface area contributed by atoms with Gasteiger partial charge in [-0.25, -0.2) is 0 Å². The van der Waals surface area contributed by atoms with Crippen molar-refractivity contribution in [3.05, 3.63) is 0 Å². The lowest BCUT2D eigenvalue weighted by Crippen LogP contribution is -2.54. The summed E-state index contributed by atoms with van der Waals surface area (Å²) in [5, 5.41) is 3.75. The Morgan fingerprint density at radius 1 is 1.12 bits per heavy atom. The molecule has 0 aromatic carbocycles. The Morgan fingerprint density at radius 3 is 2.65 bits per heavy atom. The molecule has 0 aromatic heterocycles. The predicted octanol–water partition coefficient (Wildman–Crippen LogP) is 2.78. The van der Waals surface area contributed by atoms with Crippen molar-refractivity contribution in [2.75, 3.05) is 13.1 Å². The fourth-order valence-electron chi connectivity index (χ4n) is 4.18. The molecule has 3 atom stereocenters. The van der Waals surface area contributed by atoms with Gasteiger partial charge < -0.3 is 5.32 Å². The van der Waals surface area contributed by atoms with Crippen molar-refractivity contribution in [1.29, 1.82) is 0 Å². The Morgan fingerprint density at radius 2 is 2.00 bits per heavy atom. The first-order valence-electron chi connectivity index (χ1n) is 7.89. The molecule has 2 heteroatoms. The second-order valence-corrected chi connectivity index (χ2v) is 6.32. The Bertz CT molecular complexity index is 243. The number of nitrogens with zero attached hydrogens (tertiary/aromatic N) is 1. The van der Waals surface area contributed by atoms with E-state index in [2.05, 4.69) is 17.1 Å². The van der Waals surface area contributed by atoms with E-state index >= 15 is 0 Å². The van der Waals surface area contributed by atoms with E-state index in [9.17, 15) is 0 Å². The average Bonchev–Trinajstić information content (AvgIpc) is 3.06. The third kappa shape index (κ3) is 2.53. The minimum atomic E-state index is 0.808. The zero-order valence-electron chi connectivity index (χ0n) is 11.3. The van der Waals surface area contributed by atoms with Gasteiger partial charge in [0.15, 0.2) is 0 Å². The van der Waals surface area contributed by atoms with Crippen molar-refractivity contribution in [2.45, 2.75) is 76.4 Å². The van der Waals surface area contributed by atoms with Gasteiger partial charge in [0, 0.05) is 18.1 Å². The number of hydrogen-bond acceptors (Lipinski definition) is 2. The van der Waals surface area contributed by atoms with Gasteiger partial charge in [-0.1, -0.05) is 13.3 Å². The summed E-state index contributed by atoms with van der Waals surface area (Å²) >= 11 is 0. The highest BCUT2D eigenvalue weighted by molar-refractivity contribution is 4.96. The molecule has 2 saturated heterocycles. The molecule has 0 spiro atoms. The minimum Gasteiger partial charge on any atom is -0.312 e. The standard InChI is InChI=1S/C15H28N2/c1-2-14(12-8-9-12)17-11-4-3-7-15(17)13-6-5-10-16-13/h12-16H,2-11H2,1H3. The fourth-order valence-corrected chi connectivity index (χ4v) is 4.18. The van der Waals surface area contributed by atoms with Crippen LogP contribution in [0.15, 0.2) is 0 Å². The highest BCUT2D eigenvalue weighted by Crippen LogP contribution is 2.40. The molecule has 3 rings (SSSR count). The molecule has 2 aliphatic heterocycles. The van der Waals surface area contributed by atoms with Crippen LogP contribution in [0.1, 0.15) is 58.3 Å². The van der Waals surface area contributed by atoms with Gasteiger partial charge in [-0.2, -0.15) is 0 Å². The molecule has 98 valence electrons. The van der Waals surface area contributed by atoms with E-state index in [1.54, 1.807) is 0 Å². The van der Waals surface area contributed by atoms with Crippen LogP contribution in [0.3, 0.4) is 0 Å². The Balaban J connectivity index is 1.69. The third-order valence-electron chi connectivity index (χ3n) is 5.17. The van der Waals surface area contributed by atoms with Gasteiger partial charge in [-0.05, 0) is 64.0 Å². The molecule has 2 heterocycles. The van der Waals surface area contributed by atoms with Crippen molar-refractivity contribution in [2.24, 2.45) is 5.92 Å². The number of piperidine rings is 1. The van der Waals surface area contributed by atoms with Crippen LogP contribution in [-0.4, -0.2) is 36.1 Å². The first-order valence-corrected chi connectivity index (χ1v) is 7.89. The van der Waals surface area contributed by atoms with Crippen LogP contribution < -0.4 is 5.32 Å². The van der Waals surface area contributed by atoms with Gasteiger partial charge in [0.05, 0.1) is 0 Å². The first-order chi connectivity index (χ1) is 8.40. The summed E-state index contributed by atoms with van der Waals surface area (Å²) in [5.41, 5.74) is 0. The largest absolute Gasteiger partial charge is 0.312 e. The monoisotopic (exact) mass is 236 g/mol. The number of nitrogens with one attached hydrogen (secondary N) is 1. The average molecular weight is 236 g/mol. The number of hydrogen-bond donors (Lipinski definition) is 1. The van der Waals surface area contributed by atoms with E-state index in [1.807, 2.05) is 0 Å². The summed E-state index contributed by atoms with van der Waals surface area (Å²) in [6.45, 7) is 5.03. The second kappa shape index (κ2) is 5.27. The Labute approximate surface area is 106 Å². The summed E-state index contributed by atoms with van der Waals surface area (Å²) in [4.78, 5) is 2.91. The second-order valence-electron chi connectivity index (χ2n) is 6.32. The molecule has 3 aliphatic rings. The van der Waals surface area contributed by atoms with E-state index in [1.165, 1.54) is 64.5 Å². The first kappa shape index (κ1) is 12.0. The van der Waals surface area contributed by atoms with E-state index in [0.29, 0.717) is 0 Å². The molecule has 3 unspecified atom stereocenters. The van der Waals surface area contributed by atoms with E-state index in [-0.39, 0.29) is 0 Å². The molecule has 0 radical (unpaired) electrons. The van der Waals surface area contributed by atoms with E-state index in [0.717, 1.165) is 24.0 Å². The van der Waals surface area contributed by atoms with Crippen molar-refractivity contribution < 1.29 is 0 Å². The summed E-state index contributed by atoms with van der Waals surface area (Å²) < 4.78 is 0. The summed E-state index contributed by atoms with van der Waals surface area (Å²) in [5.74, 6) is 1.04. The third-order valence-corrected chi connectivity index (χ3v) is 5.17. The fraction of sp³-hybridized carbons (Fsp3) is 1.00. The minimum absolute atomic E-state index is 0.808. The normalized spacial score (nSPS) is 37.2. The van der Waals surface area contributed by atoms with Gasteiger partial charge in [-0.3, -0.25) is 4.90 Å². The molecule has 3 fully saturated rings. The maximum absolute atomic E-state index is 3.75. The quantitative estimate of drug-likeness (QED) is 0.807. The summed E-state index contributed by atoms with van der Waals surface area (Å²) in [6, 6.07) is 2.57. The highest BCUT2D eigenvalue weighted by atomic mass is 15.2. The topological polar surface area (TPSA) is 15.3 Å². The molecule has 0 amide bonds. The number of likely N-dealkylation sites (tertiary alicyclic amines) is 1. The lowest BCUT2D eigenvalue weighted by molar-refractivity contribution is 0.0603. The van der Waals surface area contributed by atoms with E-state index < -0.39 is 0 Å². The molecule has 0 bridgehead atoms. The maximum Gasteiger partial charge on any atom is 0.0252 e. The SMILES string of the molecule is CCC(C1CC1)N1CCCCC1C1CCCN1. The maximum atomic E-state index is 3.75. The molecule has 1 aliphatic carbocycles. The van der Waals surface area contributed by atoms with Crippen LogP contribution in [0, 0.1) is 5.92 Å². The Hall–Kier alpha value is -0.0800. The van der Waals surface area contributed by atoms with Gasteiger partial charge in [0.25, 0.3) is 0 Å². The van der Waals surface area contributed by atoms with Crippen molar-refractivity contribution in [3.63, 3.8) is 0 Å². The van der Waals surface area contributed by atoms with E-state index in [4.69, 9.17) is 0 Å². The zero-order chi connectivity index (χ0) is 11.7. The predicted molar refractivity (Wildman–Crippen MR) is 72.2 cm³/mol. The zero-order valence-corrected chi connectivity index (χ0v) is 11.3. The molecule has 1 N–H and O–H groups in total. The molecule has 17 heavy (non-hydrogen) atoms. The lowest BCUT2D eigenvalue weighted by Gasteiger charge is -2.44. The van der Waals surface area contributed by atoms with Crippen LogP contribution in [0.2, 0.25) is 0 Å². The van der Waals surface area contributed by atoms with Crippen LogP contribution in [-0.2, 0) is 0 Å². The molecular weight excluding hydrogens is 208 g/mol. The number of rotatable bonds is 4. The van der Waals surface area contributed by atoms with Crippen molar-refractivity contribution >= 4 is 0 Å². The van der Waals surface area contributed by atoms with Crippen LogP contribution in [0.25, 0.3) is 0 Å². The summed E-state index contributed by atoms with van der Waals surface area (Å²) in [6.07, 6.45) is 11.5. The van der Waals surface area contributed by atoms with Crippen LogP contribution >= 0.6 is 0 Å². The van der Waals surface area contributed by atoms with Gasteiger partial charge in [0.1, 0.15) is 0 Å². The van der Waals surface area contributed by atoms with Gasteiger partial charge in [-0.15, -0.1) is 0 Å². The molecular formula is C15H28N2. The van der Waals surface area contributed by atoms with Crippen LogP contribution in [0.5, 0.6) is 0 Å². The lowest BCUT2D eigenvalue weighted by atomic mass is 9.91. The Kier molecular flexibility index (Phi) is 3.72. The van der Waals surface area contributed by atoms with Gasteiger partial charge >= 0.3 is 0 Å². The molecule has 1 saturated carbocycles.